The monoisotopic (exact) mass is 262 g/mol. The summed E-state index contributed by atoms with van der Waals surface area (Å²) in [5.74, 6) is -1.16. The Morgan fingerprint density at radius 3 is 2.74 bits per heavy atom. The first kappa shape index (κ1) is 13.1. The van der Waals surface area contributed by atoms with Crippen molar-refractivity contribution in [3.05, 3.63) is 47.2 Å². The molecule has 0 aliphatic carbocycles. The van der Waals surface area contributed by atoms with Crippen LogP contribution in [0.1, 0.15) is 12.5 Å². The highest BCUT2D eigenvalue weighted by atomic mass is 16.6. The highest BCUT2D eigenvalue weighted by molar-refractivity contribution is 6.15. The van der Waals surface area contributed by atoms with E-state index in [-0.39, 0.29) is 31.2 Å². The normalized spacial score (nSPS) is 14.3. The number of carbonyl (C=O) groups excluding carboxylic acids is 2. The Labute approximate surface area is 110 Å². The molecule has 0 N–H and O–H groups in total. The first-order valence-electron chi connectivity index (χ1n) is 5.96. The quantitative estimate of drug-likeness (QED) is 0.595. The maximum Gasteiger partial charge on any atom is 0.349 e. The molecule has 0 unspecified atom stereocenters. The van der Waals surface area contributed by atoms with Crippen molar-refractivity contribution in [1.29, 1.82) is 0 Å². The summed E-state index contributed by atoms with van der Waals surface area (Å²) < 4.78 is 15.1. The number of cyclic esters (lactones) is 1. The molecule has 1 aromatic carbocycles. The molecule has 1 aromatic rings. The maximum atomic E-state index is 11.6. The van der Waals surface area contributed by atoms with Crippen LogP contribution in [0.25, 0.3) is 0 Å². The standard InChI is InChI=1S/C14H14O5/c1-2-17-13(15)12-11(9-19-14(12)16)18-8-10-6-4-3-5-7-10/h3-7H,2,8-9H2,1H3. The number of esters is 2. The van der Waals surface area contributed by atoms with Gasteiger partial charge in [-0.15, -0.1) is 0 Å². The van der Waals surface area contributed by atoms with E-state index in [4.69, 9.17) is 14.2 Å². The van der Waals surface area contributed by atoms with Gasteiger partial charge in [0, 0.05) is 0 Å². The van der Waals surface area contributed by atoms with Crippen LogP contribution < -0.4 is 0 Å². The smallest absolute Gasteiger partial charge is 0.349 e. The first-order valence-corrected chi connectivity index (χ1v) is 5.96. The van der Waals surface area contributed by atoms with Gasteiger partial charge in [0.25, 0.3) is 0 Å². The van der Waals surface area contributed by atoms with Crippen LogP contribution in [0.15, 0.2) is 41.7 Å². The summed E-state index contributed by atoms with van der Waals surface area (Å²) >= 11 is 0. The van der Waals surface area contributed by atoms with Crippen molar-refractivity contribution in [3.8, 4) is 0 Å². The second-order valence-electron chi connectivity index (χ2n) is 3.87. The molecule has 2 rings (SSSR count). The van der Waals surface area contributed by atoms with E-state index in [2.05, 4.69) is 0 Å². The van der Waals surface area contributed by atoms with E-state index in [0.717, 1.165) is 5.56 Å². The summed E-state index contributed by atoms with van der Waals surface area (Å²) in [6.45, 7) is 2.11. The Balaban J connectivity index is 2.08. The molecule has 0 amide bonds. The van der Waals surface area contributed by atoms with Crippen LogP contribution >= 0.6 is 0 Å². The second kappa shape index (κ2) is 6.04. The van der Waals surface area contributed by atoms with Gasteiger partial charge in [0.1, 0.15) is 13.2 Å². The summed E-state index contributed by atoms with van der Waals surface area (Å²) in [5, 5.41) is 0. The fourth-order valence-electron chi connectivity index (χ4n) is 1.65. The molecule has 5 nitrogen and oxygen atoms in total. The Morgan fingerprint density at radius 1 is 1.32 bits per heavy atom. The number of rotatable bonds is 5. The second-order valence-corrected chi connectivity index (χ2v) is 3.87. The highest BCUT2D eigenvalue weighted by Crippen LogP contribution is 2.20. The maximum absolute atomic E-state index is 11.6. The molecule has 0 bridgehead atoms. The molecule has 1 heterocycles. The van der Waals surface area contributed by atoms with Gasteiger partial charge < -0.3 is 14.2 Å². The summed E-state index contributed by atoms with van der Waals surface area (Å²) in [6, 6.07) is 9.45. The molecular formula is C14H14O5. The highest BCUT2D eigenvalue weighted by Gasteiger charge is 2.33. The zero-order chi connectivity index (χ0) is 13.7. The minimum Gasteiger partial charge on any atom is -0.488 e. The van der Waals surface area contributed by atoms with Gasteiger partial charge in [0.15, 0.2) is 11.3 Å². The van der Waals surface area contributed by atoms with Crippen LogP contribution in [-0.2, 0) is 30.4 Å². The van der Waals surface area contributed by atoms with E-state index >= 15 is 0 Å². The Hall–Kier alpha value is -2.30. The fourth-order valence-corrected chi connectivity index (χ4v) is 1.65. The van der Waals surface area contributed by atoms with Crippen molar-refractivity contribution in [3.63, 3.8) is 0 Å². The van der Waals surface area contributed by atoms with E-state index in [1.54, 1.807) is 6.92 Å². The first-order chi connectivity index (χ1) is 9.22. The SMILES string of the molecule is CCOC(=O)C1=C(OCc2ccccc2)COC1=O. The number of hydrogen-bond donors (Lipinski definition) is 0. The third-order valence-corrected chi connectivity index (χ3v) is 2.55. The lowest BCUT2D eigenvalue weighted by molar-refractivity contribution is -0.144. The minimum atomic E-state index is -0.701. The third kappa shape index (κ3) is 3.13. The van der Waals surface area contributed by atoms with Gasteiger partial charge in [-0.3, -0.25) is 0 Å². The van der Waals surface area contributed by atoms with Crippen molar-refractivity contribution >= 4 is 11.9 Å². The molecule has 5 heteroatoms. The summed E-state index contributed by atoms with van der Waals surface area (Å²) in [6.07, 6.45) is 0. The number of carbonyl (C=O) groups is 2. The Kier molecular flexibility index (Phi) is 4.18. The van der Waals surface area contributed by atoms with Crippen molar-refractivity contribution in [2.45, 2.75) is 13.5 Å². The van der Waals surface area contributed by atoms with Gasteiger partial charge in [-0.05, 0) is 12.5 Å². The molecule has 0 atom stereocenters. The van der Waals surface area contributed by atoms with E-state index < -0.39 is 11.9 Å². The molecule has 0 fully saturated rings. The molecule has 0 spiro atoms. The number of hydrogen-bond acceptors (Lipinski definition) is 5. The van der Waals surface area contributed by atoms with Gasteiger partial charge in [-0.1, -0.05) is 30.3 Å². The predicted molar refractivity (Wildman–Crippen MR) is 65.8 cm³/mol. The molecular weight excluding hydrogens is 248 g/mol. The summed E-state index contributed by atoms with van der Waals surface area (Å²) in [5.41, 5.74) is 0.801. The van der Waals surface area contributed by atoms with Crippen molar-refractivity contribution < 1.29 is 23.8 Å². The van der Waals surface area contributed by atoms with Crippen molar-refractivity contribution in [2.24, 2.45) is 0 Å². The third-order valence-electron chi connectivity index (χ3n) is 2.55. The van der Waals surface area contributed by atoms with Gasteiger partial charge in [-0.25, -0.2) is 9.59 Å². The number of benzene rings is 1. The fraction of sp³-hybridized carbons (Fsp3) is 0.286. The van der Waals surface area contributed by atoms with Crippen LogP contribution in [0.5, 0.6) is 0 Å². The molecule has 1 aliphatic heterocycles. The molecule has 100 valence electrons. The molecule has 0 saturated heterocycles. The molecule has 0 radical (unpaired) electrons. The average molecular weight is 262 g/mol. The van der Waals surface area contributed by atoms with Crippen molar-refractivity contribution in [1.82, 2.24) is 0 Å². The average Bonchev–Trinajstić information content (AvgIpc) is 2.79. The topological polar surface area (TPSA) is 61.8 Å². The summed E-state index contributed by atoms with van der Waals surface area (Å²) in [7, 11) is 0. The molecule has 1 aliphatic rings. The van der Waals surface area contributed by atoms with Gasteiger partial charge >= 0.3 is 11.9 Å². The zero-order valence-corrected chi connectivity index (χ0v) is 10.5. The van der Waals surface area contributed by atoms with E-state index in [1.165, 1.54) is 0 Å². The van der Waals surface area contributed by atoms with Crippen LogP contribution in [-0.4, -0.2) is 25.2 Å². The van der Waals surface area contributed by atoms with Crippen LogP contribution in [0.4, 0.5) is 0 Å². The van der Waals surface area contributed by atoms with Crippen LogP contribution in [0, 0.1) is 0 Å². The molecule has 0 saturated carbocycles. The Morgan fingerprint density at radius 2 is 2.05 bits per heavy atom. The number of ether oxygens (including phenoxy) is 3. The van der Waals surface area contributed by atoms with E-state index in [0.29, 0.717) is 0 Å². The van der Waals surface area contributed by atoms with Crippen molar-refractivity contribution in [2.75, 3.05) is 13.2 Å². The summed E-state index contributed by atoms with van der Waals surface area (Å²) in [4.78, 5) is 23.1. The van der Waals surface area contributed by atoms with Crippen LogP contribution in [0.3, 0.4) is 0 Å². The van der Waals surface area contributed by atoms with E-state index in [1.807, 2.05) is 30.3 Å². The lowest BCUT2D eigenvalue weighted by Crippen LogP contribution is -2.14. The minimum absolute atomic E-state index is 0.0280. The van der Waals surface area contributed by atoms with Gasteiger partial charge in [-0.2, -0.15) is 0 Å². The molecule has 0 aromatic heterocycles. The lowest BCUT2D eigenvalue weighted by Gasteiger charge is -2.07. The lowest BCUT2D eigenvalue weighted by atomic mass is 10.2. The van der Waals surface area contributed by atoms with E-state index in [9.17, 15) is 9.59 Å². The van der Waals surface area contributed by atoms with Crippen LogP contribution in [0.2, 0.25) is 0 Å². The van der Waals surface area contributed by atoms with Gasteiger partial charge in [0.05, 0.1) is 6.61 Å². The zero-order valence-electron chi connectivity index (χ0n) is 10.5. The largest absolute Gasteiger partial charge is 0.488 e. The molecule has 19 heavy (non-hydrogen) atoms. The predicted octanol–water partition coefficient (Wildman–Crippen LogP) is 1.58. The Bertz CT molecular complexity index is 504. The van der Waals surface area contributed by atoms with Gasteiger partial charge in [0.2, 0.25) is 0 Å².